The topological polar surface area (TPSA) is 89.8 Å². The van der Waals surface area contributed by atoms with Gasteiger partial charge in [0.15, 0.2) is 0 Å². The molecule has 0 aliphatic rings. The zero-order chi connectivity index (χ0) is 12.3. The maximum atomic E-state index is 5.61. The zero-order valence-corrected chi connectivity index (χ0v) is 10.4. The van der Waals surface area contributed by atoms with Gasteiger partial charge in [0, 0.05) is 12.1 Å². The van der Waals surface area contributed by atoms with E-state index in [1.54, 1.807) is 6.07 Å². The zero-order valence-electron chi connectivity index (χ0n) is 10.4. The van der Waals surface area contributed by atoms with Crippen molar-refractivity contribution in [3.05, 3.63) is 6.07 Å². The molecule has 5 heteroatoms. The highest BCUT2D eigenvalue weighted by molar-refractivity contribution is 5.49. The Morgan fingerprint density at radius 2 is 1.94 bits per heavy atom. The molecule has 1 rings (SSSR count). The van der Waals surface area contributed by atoms with E-state index in [2.05, 4.69) is 43.0 Å². The second-order valence-electron chi connectivity index (χ2n) is 5.01. The average Bonchev–Trinajstić information content (AvgIpc) is 2.10. The van der Waals surface area contributed by atoms with Gasteiger partial charge in [-0.1, -0.05) is 27.7 Å². The van der Waals surface area contributed by atoms with Gasteiger partial charge in [-0.3, -0.25) is 0 Å². The maximum absolute atomic E-state index is 5.61. The predicted octanol–water partition coefficient (Wildman–Crippen LogP) is 1.88. The van der Waals surface area contributed by atoms with Crippen LogP contribution in [0, 0.1) is 5.41 Å². The minimum atomic E-state index is 0.156. The molecule has 1 aromatic rings. The van der Waals surface area contributed by atoms with E-state index in [-0.39, 0.29) is 11.4 Å². The second-order valence-corrected chi connectivity index (χ2v) is 5.01. The van der Waals surface area contributed by atoms with Gasteiger partial charge in [-0.2, -0.15) is 9.97 Å². The summed E-state index contributed by atoms with van der Waals surface area (Å²) in [5.74, 6) is 1.27. The molecule has 0 aliphatic carbocycles. The fourth-order valence-corrected chi connectivity index (χ4v) is 1.67. The van der Waals surface area contributed by atoms with E-state index >= 15 is 0 Å². The second kappa shape index (κ2) is 4.55. The van der Waals surface area contributed by atoms with Crippen molar-refractivity contribution in [1.29, 1.82) is 0 Å². The van der Waals surface area contributed by atoms with Crippen molar-refractivity contribution in [3.8, 4) is 0 Å². The lowest BCUT2D eigenvalue weighted by molar-refractivity contribution is 0.333. The smallest absolute Gasteiger partial charge is 0.223 e. The van der Waals surface area contributed by atoms with Crippen molar-refractivity contribution in [2.75, 3.05) is 16.8 Å². The molecule has 0 aliphatic heterocycles. The monoisotopic (exact) mass is 223 g/mol. The number of nitrogens with zero attached hydrogens (tertiary/aromatic N) is 2. The van der Waals surface area contributed by atoms with Crippen LogP contribution in [0.3, 0.4) is 0 Å². The highest BCUT2D eigenvalue weighted by Gasteiger charge is 2.23. The van der Waals surface area contributed by atoms with Gasteiger partial charge in [-0.05, 0) is 11.8 Å². The third-order valence-corrected chi connectivity index (χ3v) is 2.54. The number of hydrogen-bond donors (Lipinski definition) is 3. The summed E-state index contributed by atoms with van der Waals surface area (Å²) in [6.45, 7) is 8.68. The lowest BCUT2D eigenvalue weighted by Gasteiger charge is -2.31. The molecule has 16 heavy (non-hydrogen) atoms. The Labute approximate surface area is 96.7 Å². The van der Waals surface area contributed by atoms with Crippen molar-refractivity contribution in [2.24, 2.45) is 5.41 Å². The fraction of sp³-hybridized carbons (Fsp3) is 0.636. The summed E-state index contributed by atoms with van der Waals surface area (Å²) in [5.41, 5.74) is 11.3. The van der Waals surface area contributed by atoms with Gasteiger partial charge in [0.2, 0.25) is 5.95 Å². The Morgan fingerprint density at radius 1 is 1.31 bits per heavy atom. The first-order chi connectivity index (χ1) is 7.32. The molecular weight excluding hydrogens is 202 g/mol. The normalized spacial score (nSPS) is 13.5. The van der Waals surface area contributed by atoms with Gasteiger partial charge in [0.1, 0.15) is 11.6 Å². The van der Waals surface area contributed by atoms with Gasteiger partial charge >= 0.3 is 0 Å². The lowest BCUT2D eigenvalue weighted by atomic mass is 9.85. The van der Waals surface area contributed by atoms with Crippen LogP contribution in [0.15, 0.2) is 6.07 Å². The predicted molar refractivity (Wildman–Crippen MR) is 68.0 cm³/mol. The molecule has 0 saturated heterocycles. The van der Waals surface area contributed by atoms with Gasteiger partial charge in [0.05, 0.1) is 0 Å². The molecule has 0 saturated carbocycles. The molecule has 5 nitrogen and oxygen atoms in total. The van der Waals surface area contributed by atoms with E-state index in [0.29, 0.717) is 17.7 Å². The van der Waals surface area contributed by atoms with Crippen LogP contribution in [-0.4, -0.2) is 16.0 Å². The highest BCUT2D eigenvalue weighted by atomic mass is 15.1. The maximum Gasteiger partial charge on any atom is 0.223 e. The number of hydrogen-bond acceptors (Lipinski definition) is 5. The van der Waals surface area contributed by atoms with Crippen LogP contribution in [0.5, 0.6) is 0 Å². The summed E-state index contributed by atoms with van der Waals surface area (Å²) < 4.78 is 0. The summed E-state index contributed by atoms with van der Waals surface area (Å²) in [4.78, 5) is 7.94. The van der Waals surface area contributed by atoms with E-state index in [1.807, 2.05) is 0 Å². The first-order valence-corrected chi connectivity index (χ1v) is 5.49. The molecule has 0 aromatic carbocycles. The standard InChI is InChI=1S/C11H21N5/c1-5-7(11(2,3)4)14-9-6-8(12)15-10(13)16-9/h6-7H,5H2,1-4H3,(H5,12,13,14,15,16). The van der Waals surface area contributed by atoms with Crippen LogP contribution < -0.4 is 16.8 Å². The SMILES string of the molecule is CCC(Nc1cc(N)nc(N)n1)C(C)(C)C. The van der Waals surface area contributed by atoms with E-state index in [1.165, 1.54) is 0 Å². The van der Waals surface area contributed by atoms with Crippen molar-refractivity contribution in [1.82, 2.24) is 9.97 Å². The Hall–Kier alpha value is -1.52. The van der Waals surface area contributed by atoms with Crippen molar-refractivity contribution in [3.63, 3.8) is 0 Å². The number of aromatic nitrogens is 2. The lowest BCUT2D eigenvalue weighted by Crippen LogP contribution is -2.33. The third kappa shape index (κ3) is 3.25. The number of rotatable bonds is 3. The van der Waals surface area contributed by atoms with Crippen LogP contribution in [-0.2, 0) is 0 Å². The van der Waals surface area contributed by atoms with Gasteiger partial charge in [-0.25, -0.2) is 0 Å². The van der Waals surface area contributed by atoms with Crippen LogP contribution >= 0.6 is 0 Å². The molecule has 1 heterocycles. The summed E-state index contributed by atoms with van der Waals surface area (Å²) in [5, 5.41) is 3.34. The molecular formula is C11H21N5. The first kappa shape index (κ1) is 12.5. The number of nitrogens with two attached hydrogens (primary N) is 2. The van der Waals surface area contributed by atoms with E-state index in [0.717, 1.165) is 6.42 Å². The van der Waals surface area contributed by atoms with E-state index < -0.39 is 0 Å². The molecule has 1 atom stereocenters. The largest absolute Gasteiger partial charge is 0.383 e. The van der Waals surface area contributed by atoms with Crippen LogP contribution in [0.1, 0.15) is 34.1 Å². The Morgan fingerprint density at radius 3 is 2.38 bits per heavy atom. The molecule has 0 spiro atoms. The van der Waals surface area contributed by atoms with Gasteiger partial charge < -0.3 is 16.8 Å². The van der Waals surface area contributed by atoms with Gasteiger partial charge in [-0.15, -0.1) is 0 Å². The molecule has 0 radical (unpaired) electrons. The van der Waals surface area contributed by atoms with Gasteiger partial charge in [0.25, 0.3) is 0 Å². The summed E-state index contributed by atoms with van der Waals surface area (Å²) in [6.07, 6.45) is 1.01. The Balaban J connectivity index is 2.86. The molecule has 0 amide bonds. The van der Waals surface area contributed by atoms with Crippen LogP contribution in [0.25, 0.3) is 0 Å². The van der Waals surface area contributed by atoms with Crippen LogP contribution in [0.2, 0.25) is 0 Å². The minimum Gasteiger partial charge on any atom is -0.383 e. The number of nitrogen functional groups attached to an aromatic ring is 2. The molecule has 0 bridgehead atoms. The summed E-state index contributed by atoms with van der Waals surface area (Å²) in [7, 11) is 0. The van der Waals surface area contributed by atoms with Crippen molar-refractivity contribution < 1.29 is 0 Å². The fourth-order valence-electron chi connectivity index (χ4n) is 1.67. The molecule has 1 unspecified atom stereocenters. The molecule has 1 aromatic heterocycles. The molecule has 5 N–H and O–H groups in total. The third-order valence-electron chi connectivity index (χ3n) is 2.54. The average molecular weight is 223 g/mol. The quantitative estimate of drug-likeness (QED) is 0.728. The number of anilines is 3. The Bertz CT molecular complexity index is 336. The van der Waals surface area contributed by atoms with Crippen molar-refractivity contribution >= 4 is 17.6 Å². The van der Waals surface area contributed by atoms with E-state index in [9.17, 15) is 0 Å². The molecule has 0 fully saturated rings. The number of nitrogens with one attached hydrogen (secondary N) is 1. The Kier molecular flexibility index (Phi) is 3.57. The summed E-state index contributed by atoms with van der Waals surface area (Å²) >= 11 is 0. The summed E-state index contributed by atoms with van der Waals surface area (Å²) in [6, 6.07) is 2.02. The van der Waals surface area contributed by atoms with E-state index in [4.69, 9.17) is 11.5 Å². The first-order valence-electron chi connectivity index (χ1n) is 5.49. The molecule has 90 valence electrons. The highest BCUT2D eigenvalue weighted by Crippen LogP contribution is 2.25. The minimum absolute atomic E-state index is 0.156. The van der Waals surface area contributed by atoms with Crippen LogP contribution in [0.4, 0.5) is 17.6 Å². The van der Waals surface area contributed by atoms with Crippen molar-refractivity contribution in [2.45, 2.75) is 40.2 Å².